The molecule has 2 rings (SSSR count). The molecular formula is C25H36N2O. The van der Waals surface area contributed by atoms with Crippen LogP contribution < -0.4 is 10.6 Å². The number of rotatable bonds is 8. The van der Waals surface area contributed by atoms with Crippen LogP contribution in [0.4, 0.5) is 16.2 Å². The molecule has 0 spiro atoms. The van der Waals surface area contributed by atoms with Crippen molar-refractivity contribution in [1.82, 2.24) is 0 Å². The standard InChI is InChI=1S/C25H36N2O/c1-7-17-13-15-23(21(11-5)19(17)9-3)26-25(28)27-24-16-14-18(8-2)20(10-4)22(24)12-6/h13-16H,7-12H2,1-6H3,(H2,26,27,28). The van der Waals surface area contributed by atoms with Gasteiger partial charge in [-0.1, -0.05) is 53.7 Å². The van der Waals surface area contributed by atoms with E-state index in [9.17, 15) is 4.79 Å². The molecule has 2 N–H and O–H groups in total. The minimum atomic E-state index is -0.165. The van der Waals surface area contributed by atoms with Gasteiger partial charge in [0.05, 0.1) is 0 Å². The molecule has 28 heavy (non-hydrogen) atoms. The molecule has 0 bridgehead atoms. The van der Waals surface area contributed by atoms with Gasteiger partial charge in [-0.05, 0) is 84.0 Å². The van der Waals surface area contributed by atoms with Crippen molar-refractivity contribution in [2.75, 3.05) is 10.6 Å². The molecule has 0 saturated carbocycles. The number of benzene rings is 2. The van der Waals surface area contributed by atoms with Gasteiger partial charge >= 0.3 is 6.03 Å². The third kappa shape index (κ3) is 4.57. The molecule has 3 nitrogen and oxygen atoms in total. The minimum Gasteiger partial charge on any atom is -0.307 e. The lowest BCUT2D eigenvalue weighted by molar-refractivity contribution is 0.262. The zero-order valence-electron chi connectivity index (χ0n) is 18.5. The number of urea groups is 1. The van der Waals surface area contributed by atoms with Crippen LogP contribution in [0.1, 0.15) is 74.9 Å². The highest BCUT2D eigenvalue weighted by atomic mass is 16.2. The van der Waals surface area contributed by atoms with Gasteiger partial charge in [0.25, 0.3) is 0 Å². The number of hydrogen-bond donors (Lipinski definition) is 2. The van der Waals surface area contributed by atoms with Crippen LogP contribution in [0.25, 0.3) is 0 Å². The van der Waals surface area contributed by atoms with E-state index in [1.165, 1.54) is 33.4 Å². The Morgan fingerprint density at radius 2 is 0.929 bits per heavy atom. The van der Waals surface area contributed by atoms with E-state index in [1.807, 2.05) is 0 Å². The molecule has 152 valence electrons. The number of carbonyl (C=O) groups excluding carboxylic acids is 1. The van der Waals surface area contributed by atoms with E-state index >= 15 is 0 Å². The molecule has 3 heteroatoms. The van der Waals surface area contributed by atoms with Gasteiger partial charge in [0.2, 0.25) is 0 Å². The molecule has 2 aromatic carbocycles. The predicted molar refractivity (Wildman–Crippen MR) is 122 cm³/mol. The Morgan fingerprint density at radius 1 is 0.571 bits per heavy atom. The molecule has 0 fully saturated rings. The molecule has 0 aliphatic carbocycles. The molecule has 0 aliphatic heterocycles. The highest BCUT2D eigenvalue weighted by molar-refractivity contribution is 6.01. The highest BCUT2D eigenvalue weighted by Gasteiger charge is 2.15. The fourth-order valence-electron chi connectivity index (χ4n) is 4.34. The van der Waals surface area contributed by atoms with Crippen molar-refractivity contribution in [3.05, 3.63) is 57.6 Å². The van der Waals surface area contributed by atoms with Crippen molar-refractivity contribution in [3.8, 4) is 0 Å². The Labute approximate surface area is 170 Å². The van der Waals surface area contributed by atoms with E-state index in [0.29, 0.717) is 0 Å². The van der Waals surface area contributed by atoms with Crippen molar-refractivity contribution < 1.29 is 4.79 Å². The summed E-state index contributed by atoms with van der Waals surface area (Å²) in [7, 11) is 0. The van der Waals surface area contributed by atoms with Crippen LogP contribution in [0.2, 0.25) is 0 Å². The van der Waals surface area contributed by atoms with Crippen molar-refractivity contribution in [2.24, 2.45) is 0 Å². The highest BCUT2D eigenvalue weighted by Crippen LogP contribution is 2.28. The molecule has 0 atom stereocenters. The molecule has 0 saturated heterocycles. The third-order valence-electron chi connectivity index (χ3n) is 5.73. The summed E-state index contributed by atoms with van der Waals surface area (Å²) in [6.07, 6.45) is 5.85. The maximum absolute atomic E-state index is 12.8. The van der Waals surface area contributed by atoms with Crippen LogP contribution >= 0.6 is 0 Å². The maximum atomic E-state index is 12.8. The predicted octanol–water partition coefficient (Wildman–Crippen LogP) is 6.71. The molecule has 2 amide bonds. The topological polar surface area (TPSA) is 41.1 Å². The summed E-state index contributed by atoms with van der Waals surface area (Å²) in [5, 5.41) is 6.21. The molecule has 0 unspecified atom stereocenters. The lowest BCUT2D eigenvalue weighted by Crippen LogP contribution is -2.22. The van der Waals surface area contributed by atoms with E-state index in [0.717, 1.165) is 49.9 Å². The van der Waals surface area contributed by atoms with Crippen LogP contribution in [0.3, 0.4) is 0 Å². The van der Waals surface area contributed by atoms with Crippen LogP contribution in [0.5, 0.6) is 0 Å². The summed E-state index contributed by atoms with van der Waals surface area (Å²) in [5.41, 5.74) is 9.85. The normalized spacial score (nSPS) is 10.8. The molecule has 0 radical (unpaired) electrons. The first kappa shape index (κ1) is 22.0. The largest absolute Gasteiger partial charge is 0.323 e. The summed E-state index contributed by atoms with van der Waals surface area (Å²) in [5.74, 6) is 0. The fraction of sp³-hybridized carbons (Fsp3) is 0.480. The number of anilines is 2. The van der Waals surface area contributed by atoms with E-state index in [2.05, 4.69) is 76.4 Å². The van der Waals surface area contributed by atoms with E-state index in [1.54, 1.807) is 0 Å². The maximum Gasteiger partial charge on any atom is 0.323 e. The third-order valence-corrected chi connectivity index (χ3v) is 5.73. The van der Waals surface area contributed by atoms with Crippen molar-refractivity contribution in [1.29, 1.82) is 0 Å². The van der Waals surface area contributed by atoms with Crippen molar-refractivity contribution >= 4 is 17.4 Å². The minimum absolute atomic E-state index is 0.165. The molecule has 0 aliphatic rings. The lowest BCUT2D eigenvalue weighted by atomic mass is 9.94. The van der Waals surface area contributed by atoms with Gasteiger partial charge < -0.3 is 10.6 Å². The van der Waals surface area contributed by atoms with E-state index < -0.39 is 0 Å². The summed E-state index contributed by atoms with van der Waals surface area (Å²) >= 11 is 0. The summed E-state index contributed by atoms with van der Waals surface area (Å²) < 4.78 is 0. The molecular weight excluding hydrogens is 344 g/mol. The van der Waals surface area contributed by atoms with Crippen LogP contribution in [0.15, 0.2) is 24.3 Å². The zero-order chi connectivity index (χ0) is 20.7. The molecule has 0 aromatic heterocycles. The quantitative estimate of drug-likeness (QED) is 0.525. The number of aryl methyl sites for hydroxylation is 2. The van der Waals surface area contributed by atoms with Crippen LogP contribution in [-0.4, -0.2) is 6.03 Å². The Bertz CT molecular complexity index is 756. The first-order chi connectivity index (χ1) is 13.5. The van der Waals surface area contributed by atoms with Gasteiger partial charge in [-0.15, -0.1) is 0 Å². The monoisotopic (exact) mass is 380 g/mol. The molecule has 2 aromatic rings. The second-order valence-corrected chi connectivity index (χ2v) is 7.16. The van der Waals surface area contributed by atoms with E-state index in [-0.39, 0.29) is 6.03 Å². The number of amides is 2. The number of carbonyl (C=O) groups is 1. The van der Waals surface area contributed by atoms with Gasteiger partial charge in [-0.3, -0.25) is 0 Å². The first-order valence-electron chi connectivity index (χ1n) is 10.9. The Hall–Kier alpha value is -2.29. The number of nitrogens with one attached hydrogen (secondary N) is 2. The Morgan fingerprint density at radius 3 is 1.21 bits per heavy atom. The van der Waals surface area contributed by atoms with E-state index in [4.69, 9.17) is 0 Å². The second-order valence-electron chi connectivity index (χ2n) is 7.16. The Balaban J connectivity index is 2.30. The number of hydrogen-bond acceptors (Lipinski definition) is 1. The smallest absolute Gasteiger partial charge is 0.307 e. The van der Waals surface area contributed by atoms with Gasteiger partial charge in [-0.2, -0.15) is 0 Å². The van der Waals surface area contributed by atoms with Crippen molar-refractivity contribution in [3.63, 3.8) is 0 Å². The SMILES string of the molecule is CCc1ccc(NC(=O)Nc2ccc(CC)c(CC)c2CC)c(CC)c1CC. The Kier molecular flexibility index (Phi) is 8.10. The van der Waals surface area contributed by atoms with Gasteiger partial charge in [0, 0.05) is 11.4 Å². The van der Waals surface area contributed by atoms with Crippen LogP contribution in [-0.2, 0) is 38.5 Å². The average Bonchev–Trinajstić information content (AvgIpc) is 2.72. The summed E-state index contributed by atoms with van der Waals surface area (Å²) in [4.78, 5) is 12.8. The van der Waals surface area contributed by atoms with Gasteiger partial charge in [0.1, 0.15) is 0 Å². The van der Waals surface area contributed by atoms with Gasteiger partial charge in [0.15, 0.2) is 0 Å². The van der Waals surface area contributed by atoms with Crippen LogP contribution in [0, 0.1) is 0 Å². The second kappa shape index (κ2) is 10.3. The lowest BCUT2D eigenvalue weighted by Gasteiger charge is -2.19. The molecule has 0 heterocycles. The van der Waals surface area contributed by atoms with Gasteiger partial charge in [-0.25, -0.2) is 4.79 Å². The fourth-order valence-corrected chi connectivity index (χ4v) is 4.34. The zero-order valence-corrected chi connectivity index (χ0v) is 18.5. The summed E-state index contributed by atoms with van der Waals surface area (Å²) in [6.45, 7) is 13.1. The first-order valence-corrected chi connectivity index (χ1v) is 10.9. The summed E-state index contributed by atoms with van der Waals surface area (Å²) in [6, 6.07) is 8.23. The average molecular weight is 381 g/mol. The van der Waals surface area contributed by atoms with Crippen molar-refractivity contribution in [2.45, 2.75) is 80.1 Å².